The molecule has 1 amide bonds. The Balaban J connectivity index is 1.33. The number of hydrogen-bond acceptors (Lipinski definition) is 5. The highest BCUT2D eigenvalue weighted by molar-refractivity contribution is 6.30. The molecule has 8 heteroatoms. The molecule has 1 saturated heterocycles. The molecule has 0 bridgehead atoms. The minimum Gasteiger partial charge on any atom is -0.370 e. The van der Waals surface area contributed by atoms with E-state index in [2.05, 4.69) is 45.5 Å². The fourth-order valence-corrected chi connectivity index (χ4v) is 4.81. The molecule has 7 nitrogen and oxygen atoms in total. The lowest BCUT2D eigenvalue weighted by molar-refractivity contribution is 0.102. The van der Waals surface area contributed by atoms with Crippen molar-refractivity contribution in [1.29, 1.82) is 0 Å². The first-order valence-electron chi connectivity index (χ1n) is 12.5. The van der Waals surface area contributed by atoms with Gasteiger partial charge in [0.25, 0.3) is 5.91 Å². The Morgan fingerprint density at radius 3 is 2.69 bits per heavy atom. The van der Waals surface area contributed by atoms with Gasteiger partial charge in [0.15, 0.2) is 5.65 Å². The van der Waals surface area contributed by atoms with Crippen LogP contribution >= 0.6 is 11.6 Å². The van der Waals surface area contributed by atoms with Gasteiger partial charge in [-0.1, -0.05) is 49.7 Å². The number of aromatic nitrogens is 3. The second-order valence-corrected chi connectivity index (χ2v) is 10.1. The zero-order valence-corrected chi connectivity index (χ0v) is 21.4. The number of halogens is 1. The molecule has 5 rings (SSSR count). The zero-order valence-electron chi connectivity index (χ0n) is 20.6. The molecule has 2 aromatic heterocycles. The number of fused-ring (bicyclic) bond motifs is 1. The van der Waals surface area contributed by atoms with Crippen LogP contribution in [0.1, 0.15) is 37.2 Å². The largest absolute Gasteiger partial charge is 0.370 e. The summed E-state index contributed by atoms with van der Waals surface area (Å²) in [5, 5.41) is 11.8. The van der Waals surface area contributed by atoms with Crippen LogP contribution in [0.2, 0.25) is 5.02 Å². The molecule has 0 unspecified atom stereocenters. The molecule has 1 aliphatic rings. The van der Waals surface area contributed by atoms with Crippen molar-refractivity contribution >= 4 is 34.5 Å². The average molecular weight is 503 g/mol. The average Bonchev–Trinajstić information content (AvgIpc) is 3.31. The molecule has 0 aliphatic carbocycles. The summed E-state index contributed by atoms with van der Waals surface area (Å²) in [5.74, 6) is 0.396. The Kier molecular flexibility index (Phi) is 7.20. The molecule has 1 fully saturated rings. The van der Waals surface area contributed by atoms with Crippen LogP contribution in [0.15, 0.2) is 67.0 Å². The van der Waals surface area contributed by atoms with Crippen molar-refractivity contribution in [2.24, 2.45) is 5.92 Å². The van der Waals surface area contributed by atoms with Gasteiger partial charge in [0, 0.05) is 35.9 Å². The van der Waals surface area contributed by atoms with Gasteiger partial charge in [-0.2, -0.15) is 5.10 Å². The van der Waals surface area contributed by atoms with Gasteiger partial charge in [-0.3, -0.25) is 4.79 Å². The molecular formula is C28H31ClN6O. The molecule has 3 heterocycles. The van der Waals surface area contributed by atoms with Crippen LogP contribution in [0.25, 0.3) is 16.8 Å². The number of benzene rings is 2. The van der Waals surface area contributed by atoms with E-state index in [1.54, 1.807) is 23.0 Å². The van der Waals surface area contributed by atoms with E-state index < -0.39 is 0 Å². The van der Waals surface area contributed by atoms with Crippen LogP contribution in [0.5, 0.6) is 0 Å². The maximum Gasteiger partial charge on any atom is 0.274 e. The molecule has 0 spiro atoms. The number of carbonyl (C=O) groups excluding carboxylic acids is 1. The van der Waals surface area contributed by atoms with E-state index in [9.17, 15) is 4.79 Å². The summed E-state index contributed by atoms with van der Waals surface area (Å²) in [7, 11) is 0. The van der Waals surface area contributed by atoms with Gasteiger partial charge in [-0.05, 0) is 61.2 Å². The Labute approximate surface area is 216 Å². The maximum atomic E-state index is 13.3. The van der Waals surface area contributed by atoms with Crippen LogP contribution in [-0.2, 0) is 0 Å². The highest BCUT2D eigenvalue weighted by Crippen LogP contribution is 2.29. The van der Waals surface area contributed by atoms with E-state index in [-0.39, 0.29) is 5.91 Å². The van der Waals surface area contributed by atoms with E-state index in [1.165, 1.54) is 0 Å². The normalized spacial score (nSPS) is 14.5. The first-order chi connectivity index (χ1) is 17.5. The minimum atomic E-state index is -0.253. The SMILES string of the molecule is CC(C)CNC1CCN(c2ccccc2NC(=O)c2ccn3ncc(-c4cccc(Cl)c4)c3n2)CC1. The van der Waals surface area contributed by atoms with Crippen LogP contribution in [-0.4, -0.2) is 46.2 Å². The predicted molar refractivity (Wildman–Crippen MR) is 146 cm³/mol. The first kappa shape index (κ1) is 24.3. The van der Waals surface area contributed by atoms with E-state index in [0.717, 1.165) is 55.0 Å². The highest BCUT2D eigenvalue weighted by atomic mass is 35.5. The smallest absolute Gasteiger partial charge is 0.274 e. The van der Waals surface area contributed by atoms with Gasteiger partial charge >= 0.3 is 0 Å². The van der Waals surface area contributed by atoms with Crippen molar-refractivity contribution in [2.45, 2.75) is 32.7 Å². The Morgan fingerprint density at radius 1 is 1.11 bits per heavy atom. The topological polar surface area (TPSA) is 74.6 Å². The van der Waals surface area contributed by atoms with Gasteiger partial charge < -0.3 is 15.5 Å². The third-order valence-electron chi connectivity index (χ3n) is 6.54. The molecule has 1 aliphatic heterocycles. The standard InChI is InChI=1S/C28H31ClN6O/c1-19(2)17-30-22-10-13-34(14-11-22)26-9-4-3-8-24(26)33-28(36)25-12-15-35-27(32-25)23(18-31-35)20-6-5-7-21(29)16-20/h3-9,12,15-16,18-19,22,30H,10-11,13-14,17H2,1-2H3,(H,33,36). The molecule has 2 N–H and O–H groups in total. The zero-order chi connectivity index (χ0) is 25.1. The molecule has 4 aromatic rings. The number of nitrogens with zero attached hydrogens (tertiary/aromatic N) is 4. The lowest BCUT2D eigenvalue weighted by Crippen LogP contribution is -2.43. The first-order valence-corrected chi connectivity index (χ1v) is 12.8. The van der Waals surface area contributed by atoms with Crippen LogP contribution in [0.3, 0.4) is 0 Å². The molecule has 0 atom stereocenters. The number of rotatable bonds is 7. The van der Waals surface area contributed by atoms with Crippen LogP contribution < -0.4 is 15.5 Å². The maximum absolute atomic E-state index is 13.3. The number of anilines is 2. The van der Waals surface area contributed by atoms with Gasteiger partial charge in [0.05, 0.1) is 17.6 Å². The Bertz CT molecular complexity index is 1360. The minimum absolute atomic E-state index is 0.253. The van der Waals surface area contributed by atoms with E-state index >= 15 is 0 Å². The third-order valence-corrected chi connectivity index (χ3v) is 6.78. The van der Waals surface area contributed by atoms with Gasteiger partial charge in [-0.25, -0.2) is 9.50 Å². The van der Waals surface area contributed by atoms with Crippen molar-refractivity contribution in [1.82, 2.24) is 19.9 Å². The summed E-state index contributed by atoms with van der Waals surface area (Å²) < 4.78 is 1.67. The number of para-hydroxylation sites is 2. The molecular weight excluding hydrogens is 472 g/mol. The number of hydrogen-bond donors (Lipinski definition) is 2. The molecule has 186 valence electrons. The fourth-order valence-electron chi connectivity index (χ4n) is 4.62. The second-order valence-electron chi connectivity index (χ2n) is 9.68. The van der Waals surface area contributed by atoms with E-state index in [4.69, 9.17) is 11.6 Å². The van der Waals surface area contributed by atoms with Gasteiger partial charge in [-0.15, -0.1) is 0 Å². The van der Waals surface area contributed by atoms with Crippen molar-refractivity contribution in [2.75, 3.05) is 29.9 Å². The summed E-state index contributed by atoms with van der Waals surface area (Å²) in [6, 6.07) is 17.7. The number of nitrogens with one attached hydrogen (secondary N) is 2. The number of piperidine rings is 1. The fraction of sp³-hybridized carbons (Fsp3) is 0.321. The summed E-state index contributed by atoms with van der Waals surface area (Å²) in [4.78, 5) is 20.3. The molecule has 0 saturated carbocycles. The third kappa shape index (κ3) is 5.37. The summed E-state index contributed by atoms with van der Waals surface area (Å²) in [5.41, 5.74) is 4.49. The molecule has 0 radical (unpaired) electrons. The van der Waals surface area contributed by atoms with Gasteiger partial charge in [0.2, 0.25) is 0 Å². The Morgan fingerprint density at radius 2 is 1.92 bits per heavy atom. The summed E-state index contributed by atoms with van der Waals surface area (Å²) in [6.07, 6.45) is 5.66. The van der Waals surface area contributed by atoms with Crippen molar-refractivity contribution in [3.8, 4) is 11.1 Å². The summed E-state index contributed by atoms with van der Waals surface area (Å²) >= 11 is 6.18. The van der Waals surface area contributed by atoms with Crippen molar-refractivity contribution in [3.05, 3.63) is 77.7 Å². The quantitative estimate of drug-likeness (QED) is 0.348. The predicted octanol–water partition coefficient (Wildman–Crippen LogP) is 5.52. The van der Waals surface area contributed by atoms with Crippen molar-refractivity contribution < 1.29 is 4.79 Å². The highest BCUT2D eigenvalue weighted by Gasteiger charge is 2.22. The molecule has 2 aromatic carbocycles. The van der Waals surface area contributed by atoms with Crippen LogP contribution in [0.4, 0.5) is 11.4 Å². The lowest BCUT2D eigenvalue weighted by atomic mass is 10.0. The molecule has 36 heavy (non-hydrogen) atoms. The van der Waals surface area contributed by atoms with Crippen molar-refractivity contribution in [3.63, 3.8) is 0 Å². The number of carbonyl (C=O) groups is 1. The Hall–Kier alpha value is -3.42. The second kappa shape index (κ2) is 10.7. The van der Waals surface area contributed by atoms with Crippen LogP contribution in [0, 0.1) is 5.92 Å². The van der Waals surface area contributed by atoms with E-state index in [0.29, 0.717) is 28.3 Å². The van der Waals surface area contributed by atoms with E-state index in [1.807, 2.05) is 42.5 Å². The summed E-state index contributed by atoms with van der Waals surface area (Å²) in [6.45, 7) is 7.42. The van der Waals surface area contributed by atoms with Gasteiger partial charge in [0.1, 0.15) is 5.69 Å². The monoisotopic (exact) mass is 502 g/mol. The number of amides is 1. The lowest BCUT2D eigenvalue weighted by Gasteiger charge is -2.35.